The molecule has 5 heterocycles. The van der Waals surface area contributed by atoms with Gasteiger partial charge in [-0.15, -0.1) is 11.3 Å². The van der Waals surface area contributed by atoms with E-state index in [1.165, 1.54) is 17.7 Å². The summed E-state index contributed by atoms with van der Waals surface area (Å²) >= 11 is 3.62. The number of fused-ring (bicyclic) bond motifs is 2. The van der Waals surface area contributed by atoms with Crippen LogP contribution in [0.1, 0.15) is 34.3 Å². The lowest BCUT2D eigenvalue weighted by Gasteiger charge is -2.16. The van der Waals surface area contributed by atoms with Gasteiger partial charge in [0.1, 0.15) is 38.4 Å². The Bertz CT molecular complexity index is 1410. The number of thiophene rings is 1. The van der Waals surface area contributed by atoms with Crippen molar-refractivity contribution in [3.63, 3.8) is 0 Å². The molecule has 8 nitrogen and oxygen atoms in total. The van der Waals surface area contributed by atoms with Gasteiger partial charge in [0.05, 0.1) is 16.6 Å². The van der Waals surface area contributed by atoms with Crippen molar-refractivity contribution in [2.45, 2.75) is 26.3 Å². The summed E-state index contributed by atoms with van der Waals surface area (Å²) in [6.07, 6.45) is 3.53. The summed E-state index contributed by atoms with van der Waals surface area (Å²) < 4.78 is 2.38. The standard InChI is InChI=1S/C20H16IN7OS/c1-9-4-3-5-23-18(9)28-12(27-19-13(20(28)29)10(2)7-30-19)6-11-15-14(16(21)26-11)17(22)25-8-24-15/h3-5,7-8,11H,6H2,1-2H3,(H2,22,24,25). The minimum atomic E-state index is -0.294. The van der Waals surface area contributed by atoms with Crippen LogP contribution >= 0.6 is 33.9 Å². The van der Waals surface area contributed by atoms with Crippen LogP contribution in [0.4, 0.5) is 5.82 Å². The highest BCUT2D eigenvalue weighted by Gasteiger charge is 2.30. The van der Waals surface area contributed by atoms with E-state index in [4.69, 9.17) is 15.7 Å². The molecule has 0 fully saturated rings. The van der Waals surface area contributed by atoms with Crippen LogP contribution in [0.15, 0.2) is 39.8 Å². The highest BCUT2D eigenvalue weighted by Crippen LogP contribution is 2.35. The molecule has 30 heavy (non-hydrogen) atoms. The highest BCUT2D eigenvalue weighted by molar-refractivity contribution is 14.1. The fraction of sp³-hybridized carbons (Fsp3) is 0.200. The first-order valence-electron chi connectivity index (χ1n) is 9.21. The number of pyridine rings is 1. The van der Waals surface area contributed by atoms with Crippen LogP contribution < -0.4 is 11.3 Å². The summed E-state index contributed by atoms with van der Waals surface area (Å²) in [4.78, 5) is 36.8. The minimum absolute atomic E-state index is 0.116. The van der Waals surface area contributed by atoms with Gasteiger partial charge < -0.3 is 5.73 Å². The maximum absolute atomic E-state index is 13.5. The van der Waals surface area contributed by atoms with Crippen molar-refractivity contribution >= 4 is 53.7 Å². The van der Waals surface area contributed by atoms with E-state index in [0.717, 1.165) is 30.9 Å². The number of hydrogen-bond donors (Lipinski definition) is 1. The third kappa shape index (κ3) is 2.93. The van der Waals surface area contributed by atoms with Crippen LogP contribution in [-0.4, -0.2) is 28.2 Å². The Kier molecular flexibility index (Phi) is 4.62. The van der Waals surface area contributed by atoms with Gasteiger partial charge in [-0.1, -0.05) is 6.07 Å². The predicted molar refractivity (Wildman–Crippen MR) is 126 cm³/mol. The molecule has 5 rings (SSSR count). The Morgan fingerprint density at radius 1 is 1.23 bits per heavy atom. The molecule has 1 aliphatic rings. The highest BCUT2D eigenvalue weighted by atomic mass is 127. The monoisotopic (exact) mass is 529 g/mol. The second kappa shape index (κ2) is 7.20. The lowest BCUT2D eigenvalue weighted by atomic mass is 10.1. The number of aliphatic imine (C=N–C) groups is 1. The first-order valence-corrected chi connectivity index (χ1v) is 11.2. The number of anilines is 1. The molecule has 1 aliphatic heterocycles. The van der Waals surface area contributed by atoms with E-state index in [9.17, 15) is 4.79 Å². The summed E-state index contributed by atoms with van der Waals surface area (Å²) in [5.41, 5.74) is 9.26. The zero-order valence-corrected chi connectivity index (χ0v) is 19.1. The third-order valence-corrected chi connectivity index (χ3v) is 6.94. The molecule has 10 heteroatoms. The van der Waals surface area contributed by atoms with Gasteiger partial charge in [-0.05, 0) is 59.0 Å². The molecule has 4 aromatic rings. The van der Waals surface area contributed by atoms with Gasteiger partial charge in [0.2, 0.25) is 0 Å². The van der Waals surface area contributed by atoms with Crippen molar-refractivity contribution in [3.8, 4) is 5.82 Å². The summed E-state index contributed by atoms with van der Waals surface area (Å²) in [6.45, 7) is 3.86. The van der Waals surface area contributed by atoms with Crippen LogP contribution in [0.25, 0.3) is 16.0 Å². The van der Waals surface area contributed by atoms with Crippen molar-refractivity contribution < 1.29 is 0 Å². The summed E-state index contributed by atoms with van der Waals surface area (Å²) in [5, 5.41) is 2.59. The molecule has 0 saturated carbocycles. The molecule has 0 spiro atoms. The van der Waals surface area contributed by atoms with Gasteiger partial charge in [0.15, 0.2) is 0 Å². The second-order valence-corrected chi connectivity index (χ2v) is 8.95. The Morgan fingerprint density at radius 3 is 2.87 bits per heavy atom. The fourth-order valence-corrected chi connectivity index (χ4v) is 5.51. The minimum Gasteiger partial charge on any atom is -0.383 e. The molecular weight excluding hydrogens is 513 g/mol. The summed E-state index contributed by atoms with van der Waals surface area (Å²) in [6, 6.07) is 3.49. The molecule has 0 saturated heterocycles. The number of nitrogens with zero attached hydrogens (tertiary/aromatic N) is 6. The first kappa shape index (κ1) is 19.2. The van der Waals surface area contributed by atoms with E-state index in [-0.39, 0.29) is 11.6 Å². The molecule has 0 amide bonds. The number of aryl methyl sites for hydroxylation is 2. The van der Waals surface area contributed by atoms with Crippen molar-refractivity contribution in [1.29, 1.82) is 0 Å². The van der Waals surface area contributed by atoms with Crippen molar-refractivity contribution in [1.82, 2.24) is 24.5 Å². The van der Waals surface area contributed by atoms with Crippen LogP contribution in [0.3, 0.4) is 0 Å². The Hall–Kier alpha value is -2.73. The lowest BCUT2D eigenvalue weighted by Crippen LogP contribution is -2.26. The van der Waals surface area contributed by atoms with E-state index in [1.54, 1.807) is 10.8 Å². The largest absolute Gasteiger partial charge is 0.383 e. The maximum atomic E-state index is 13.5. The topological polar surface area (TPSA) is 112 Å². The average molecular weight is 529 g/mol. The molecule has 0 aliphatic carbocycles. The first-order chi connectivity index (χ1) is 14.5. The molecule has 0 bridgehead atoms. The van der Waals surface area contributed by atoms with Crippen molar-refractivity contribution in [2.24, 2.45) is 4.99 Å². The van der Waals surface area contributed by atoms with E-state index in [1.807, 2.05) is 31.4 Å². The average Bonchev–Trinajstić information content (AvgIpc) is 3.24. The van der Waals surface area contributed by atoms with Crippen molar-refractivity contribution in [2.75, 3.05) is 5.73 Å². The maximum Gasteiger partial charge on any atom is 0.268 e. The van der Waals surface area contributed by atoms with E-state index in [2.05, 4.69) is 37.5 Å². The van der Waals surface area contributed by atoms with Crippen molar-refractivity contribution in [3.05, 3.63) is 68.6 Å². The van der Waals surface area contributed by atoms with Gasteiger partial charge in [-0.2, -0.15) is 0 Å². The van der Waals surface area contributed by atoms with E-state index < -0.39 is 0 Å². The number of nitrogens with two attached hydrogens (primary N) is 1. The van der Waals surface area contributed by atoms with Crippen LogP contribution in [0.2, 0.25) is 0 Å². The van der Waals surface area contributed by atoms with E-state index >= 15 is 0 Å². The number of aromatic nitrogens is 5. The third-order valence-electron chi connectivity index (χ3n) is 5.13. The molecule has 0 radical (unpaired) electrons. The number of hydrogen-bond acceptors (Lipinski definition) is 8. The van der Waals surface area contributed by atoms with Gasteiger partial charge in [0.25, 0.3) is 5.56 Å². The zero-order chi connectivity index (χ0) is 21.0. The normalized spacial score (nSPS) is 15.4. The fourth-order valence-electron chi connectivity index (χ4n) is 3.69. The smallest absolute Gasteiger partial charge is 0.268 e. The quantitative estimate of drug-likeness (QED) is 0.408. The van der Waals surface area contributed by atoms with Crippen LogP contribution in [0.5, 0.6) is 0 Å². The number of rotatable bonds is 3. The molecule has 150 valence electrons. The summed E-state index contributed by atoms with van der Waals surface area (Å²) in [5.74, 6) is 1.58. The molecule has 4 aromatic heterocycles. The predicted octanol–water partition coefficient (Wildman–Crippen LogP) is 3.31. The lowest BCUT2D eigenvalue weighted by molar-refractivity contribution is 0.657. The second-order valence-electron chi connectivity index (χ2n) is 7.07. The zero-order valence-electron chi connectivity index (χ0n) is 16.1. The Morgan fingerprint density at radius 2 is 2.07 bits per heavy atom. The van der Waals surface area contributed by atoms with Gasteiger partial charge in [-0.25, -0.2) is 24.5 Å². The number of halogens is 1. The molecular formula is C20H16IN7OS. The van der Waals surface area contributed by atoms with Gasteiger partial charge >= 0.3 is 0 Å². The number of nitrogen functional groups attached to an aromatic ring is 1. The van der Waals surface area contributed by atoms with Gasteiger partial charge in [0, 0.05) is 12.6 Å². The SMILES string of the molecule is Cc1cccnc1-n1c(CC2N=C(I)c3c(N)ncnc32)nc2scc(C)c2c1=O. The Labute approximate surface area is 189 Å². The van der Waals surface area contributed by atoms with E-state index in [0.29, 0.717) is 29.3 Å². The van der Waals surface area contributed by atoms with Crippen LogP contribution in [0, 0.1) is 13.8 Å². The molecule has 2 N–H and O–H groups in total. The van der Waals surface area contributed by atoms with Gasteiger partial charge in [-0.3, -0.25) is 9.79 Å². The van der Waals surface area contributed by atoms with Crippen LogP contribution in [-0.2, 0) is 6.42 Å². The summed E-state index contributed by atoms with van der Waals surface area (Å²) in [7, 11) is 0. The molecule has 1 atom stereocenters. The molecule has 0 aromatic carbocycles. The molecule has 1 unspecified atom stereocenters. The Balaban J connectivity index is 1.73.